The molecule has 0 fully saturated rings. The fraction of sp³-hybridized carbons (Fsp3) is 0.919. The predicted octanol–water partition coefficient (Wildman–Crippen LogP) is 23.7. The highest BCUT2D eigenvalue weighted by molar-refractivity contribution is 5.76. The molecule has 0 aliphatic rings. The van der Waals surface area contributed by atoms with Crippen LogP contribution in [0.15, 0.2) is 24.3 Å². The Kier molecular flexibility index (Phi) is 68.4. The second kappa shape index (κ2) is 69.8. The number of nitrogens with one attached hydrogen (secondary N) is 1. The third-order valence-corrected chi connectivity index (χ3v) is 17.3. The summed E-state index contributed by atoms with van der Waals surface area (Å²) >= 11 is 0. The van der Waals surface area contributed by atoms with Gasteiger partial charge >= 0.3 is 5.97 Å². The summed E-state index contributed by atoms with van der Waals surface area (Å²) in [5.74, 6) is -0.0136. The first kappa shape index (κ1) is 78.3. The molecule has 0 aromatic heterocycles. The van der Waals surface area contributed by atoms with Gasteiger partial charge in [-0.1, -0.05) is 366 Å². The Labute approximate surface area is 501 Å². The highest BCUT2D eigenvalue weighted by Gasteiger charge is 2.20. The number of carbonyl (C=O) groups excluding carboxylic acids is 2. The van der Waals surface area contributed by atoms with Crippen LogP contribution in [-0.4, -0.2) is 47.4 Å². The number of unbranched alkanes of at least 4 members (excludes halogenated alkanes) is 54. The minimum atomic E-state index is -0.657. The molecule has 0 bridgehead atoms. The molecule has 0 radical (unpaired) electrons. The highest BCUT2D eigenvalue weighted by Crippen LogP contribution is 2.19. The monoisotopic (exact) mass is 1130 g/mol. The Morgan fingerprint density at radius 3 is 0.975 bits per heavy atom. The number of amides is 1. The number of hydrogen-bond acceptors (Lipinski definition) is 5. The third-order valence-electron chi connectivity index (χ3n) is 17.3. The van der Waals surface area contributed by atoms with Crippen LogP contribution in [0, 0.1) is 0 Å². The van der Waals surface area contributed by atoms with Gasteiger partial charge in [-0.25, -0.2) is 0 Å². The van der Waals surface area contributed by atoms with Gasteiger partial charge in [0.05, 0.1) is 25.4 Å². The van der Waals surface area contributed by atoms with Crippen molar-refractivity contribution in [2.75, 3.05) is 13.2 Å². The van der Waals surface area contributed by atoms with Crippen molar-refractivity contribution in [3.63, 3.8) is 0 Å². The predicted molar refractivity (Wildman–Crippen MR) is 352 cm³/mol. The van der Waals surface area contributed by atoms with Gasteiger partial charge in [-0.2, -0.15) is 0 Å². The summed E-state index contributed by atoms with van der Waals surface area (Å²) in [6.07, 6.45) is 88.4. The van der Waals surface area contributed by atoms with E-state index < -0.39 is 12.1 Å². The molecule has 0 aromatic rings. The molecule has 0 rings (SSSR count). The summed E-state index contributed by atoms with van der Waals surface area (Å²) in [7, 11) is 0. The first-order chi connectivity index (χ1) is 39.5. The second-order valence-corrected chi connectivity index (χ2v) is 25.3. The largest absolute Gasteiger partial charge is 0.466 e. The van der Waals surface area contributed by atoms with Crippen LogP contribution < -0.4 is 5.32 Å². The number of aliphatic hydroxyl groups excluding tert-OH is 2. The number of allylic oxidation sites excluding steroid dienone is 4. The standard InChI is InChI=1S/C74H143NO5/c1-3-5-7-9-11-13-14-15-16-38-42-45-48-52-56-60-64-68-74(79)80-69-65-61-57-53-49-46-43-40-37-35-33-31-29-27-25-23-21-19-17-18-20-22-24-26-28-30-32-34-36-39-41-44-47-51-55-59-63-67-73(78)75-71(70-76)72(77)66-62-58-54-50-12-10-8-6-4-2/h11,13,15-16,71-72,76-77H,3-10,12,14,17-70H2,1-2H3,(H,75,78)/b13-11-,16-15-. The number of esters is 1. The van der Waals surface area contributed by atoms with E-state index in [1.54, 1.807) is 0 Å². The van der Waals surface area contributed by atoms with Crippen LogP contribution in [0.3, 0.4) is 0 Å². The van der Waals surface area contributed by atoms with Crippen molar-refractivity contribution in [1.29, 1.82) is 0 Å². The molecular formula is C74H143NO5. The molecule has 0 spiro atoms. The summed E-state index contributed by atoms with van der Waals surface area (Å²) < 4.78 is 5.50. The first-order valence-corrected chi connectivity index (χ1v) is 36.6. The summed E-state index contributed by atoms with van der Waals surface area (Å²) in [6.45, 7) is 4.94. The van der Waals surface area contributed by atoms with Crippen molar-refractivity contribution in [2.45, 2.75) is 424 Å². The molecule has 2 unspecified atom stereocenters. The van der Waals surface area contributed by atoms with Crippen molar-refractivity contribution in [3.8, 4) is 0 Å². The summed E-state index contributed by atoms with van der Waals surface area (Å²) in [5.41, 5.74) is 0. The van der Waals surface area contributed by atoms with Gasteiger partial charge in [-0.15, -0.1) is 0 Å². The van der Waals surface area contributed by atoms with Crippen molar-refractivity contribution in [1.82, 2.24) is 5.32 Å². The van der Waals surface area contributed by atoms with Gasteiger partial charge in [-0.05, 0) is 57.8 Å². The van der Waals surface area contributed by atoms with E-state index in [2.05, 4.69) is 43.5 Å². The molecule has 6 heteroatoms. The summed E-state index contributed by atoms with van der Waals surface area (Å²) in [4.78, 5) is 24.5. The minimum Gasteiger partial charge on any atom is -0.466 e. The zero-order valence-corrected chi connectivity index (χ0v) is 54.3. The third kappa shape index (κ3) is 65.5. The van der Waals surface area contributed by atoms with Crippen LogP contribution in [-0.2, 0) is 14.3 Å². The van der Waals surface area contributed by atoms with Crippen LogP contribution in [0.1, 0.15) is 412 Å². The molecule has 2 atom stereocenters. The Hall–Kier alpha value is -1.66. The molecule has 6 nitrogen and oxygen atoms in total. The smallest absolute Gasteiger partial charge is 0.305 e. The van der Waals surface area contributed by atoms with Crippen LogP contribution in [0.25, 0.3) is 0 Å². The Bertz CT molecular complexity index is 1250. The maximum absolute atomic E-state index is 12.4. The zero-order valence-electron chi connectivity index (χ0n) is 54.3. The Morgan fingerprint density at radius 2 is 0.625 bits per heavy atom. The first-order valence-electron chi connectivity index (χ1n) is 36.6. The second-order valence-electron chi connectivity index (χ2n) is 25.3. The lowest BCUT2D eigenvalue weighted by Crippen LogP contribution is -2.45. The number of rotatable bonds is 69. The average molecular weight is 1130 g/mol. The van der Waals surface area contributed by atoms with E-state index in [9.17, 15) is 19.8 Å². The lowest BCUT2D eigenvalue weighted by atomic mass is 10.0. The van der Waals surface area contributed by atoms with E-state index in [1.807, 2.05) is 0 Å². The number of carbonyl (C=O) groups is 2. The van der Waals surface area contributed by atoms with Crippen LogP contribution in [0.4, 0.5) is 0 Å². The van der Waals surface area contributed by atoms with Gasteiger partial charge < -0.3 is 20.3 Å². The lowest BCUT2D eigenvalue weighted by molar-refractivity contribution is -0.143. The van der Waals surface area contributed by atoms with Crippen LogP contribution in [0.2, 0.25) is 0 Å². The summed E-state index contributed by atoms with van der Waals surface area (Å²) in [6, 6.07) is -0.534. The molecule has 0 saturated carbocycles. The van der Waals surface area contributed by atoms with Gasteiger partial charge in [-0.3, -0.25) is 9.59 Å². The van der Waals surface area contributed by atoms with E-state index in [0.29, 0.717) is 25.9 Å². The molecule has 80 heavy (non-hydrogen) atoms. The molecule has 0 heterocycles. The van der Waals surface area contributed by atoms with Gasteiger partial charge in [0.25, 0.3) is 0 Å². The SMILES string of the molecule is CCCCC/C=C\C/C=C\CCCCCCCCCC(=O)OCCCCCCCCCCCCCCCCCCCCCCCCCCCCCCCCCCCCCCCC(=O)NC(CO)C(O)CCCCCCCCCCC. The molecular weight excluding hydrogens is 983 g/mol. The molecule has 0 aliphatic carbocycles. The van der Waals surface area contributed by atoms with Gasteiger partial charge in [0, 0.05) is 12.8 Å². The highest BCUT2D eigenvalue weighted by atomic mass is 16.5. The topological polar surface area (TPSA) is 95.9 Å². The lowest BCUT2D eigenvalue weighted by Gasteiger charge is -2.22. The molecule has 0 aromatic carbocycles. The number of ether oxygens (including phenoxy) is 1. The van der Waals surface area contributed by atoms with Gasteiger partial charge in [0.2, 0.25) is 5.91 Å². The maximum atomic E-state index is 12.4. The average Bonchev–Trinajstić information content (AvgIpc) is 3.46. The van der Waals surface area contributed by atoms with Crippen molar-refractivity contribution < 1.29 is 24.5 Å². The van der Waals surface area contributed by atoms with E-state index >= 15 is 0 Å². The van der Waals surface area contributed by atoms with E-state index in [1.165, 1.54) is 327 Å². The Balaban J connectivity index is 3.26. The van der Waals surface area contributed by atoms with Gasteiger partial charge in [0.1, 0.15) is 0 Å². The molecule has 3 N–H and O–H groups in total. The fourth-order valence-corrected chi connectivity index (χ4v) is 11.7. The van der Waals surface area contributed by atoms with Crippen molar-refractivity contribution in [3.05, 3.63) is 24.3 Å². The minimum absolute atomic E-state index is 0.0161. The van der Waals surface area contributed by atoms with Crippen LogP contribution >= 0.6 is 0 Å². The molecule has 0 saturated heterocycles. The van der Waals surface area contributed by atoms with Crippen molar-refractivity contribution in [2.24, 2.45) is 0 Å². The van der Waals surface area contributed by atoms with E-state index in [0.717, 1.165) is 51.4 Å². The van der Waals surface area contributed by atoms with Gasteiger partial charge in [0.15, 0.2) is 0 Å². The Morgan fingerprint density at radius 1 is 0.350 bits per heavy atom. The molecule has 1 amide bonds. The summed E-state index contributed by atoms with van der Waals surface area (Å²) in [5, 5.41) is 23.2. The van der Waals surface area contributed by atoms with Crippen LogP contribution in [0.5, 0.6) is 0 Å². The van der Waals surface area contributed by atoms with E-state index in [4.69, 9.17) is 4.74 Å². The fourth-order valence-electron chi connectivity index (χ4n) is 11.7. The quantitative estimate of drug-likeness (QED) is 0.0320. The number of aliphatic hydroxyl groups is 2. The van der Waals surface area contributed by atoms with Crippen molar-refractivity contribution >= 4 is 11.9 Å². The maximum Gasteiger partial charge on any atom is 0.305 e. The van der Waals surface area contributed by atoms with E-state index in [-0.39, 0.29) is 18.5 Å². The molecule has 0 aliphatic heterocycles. The normalized spacial score (nSPS) is 12.6. The zero-order chi connectivity index (χ0) is 57.8. The number of hydrogen-bond donors (Lipinski definition) is 3. The molecule has 474 valence electrons.